The Morgan fingerprint density at radius 3 is 2.36 bits per heavy atom. The predicted octanol–water partition coefficient (Wildman–Crippen LogP) is 2.40. The molecule has 2 aromatic rings. The van der Waals surface area contributed by atoms with Gasteiger partial charge in [0.1, 0.15) is 11.6 Å². The molecule has 0 heterocycles. The first-order valence-electron chi connectivity index (χ1n) is 7.41. The molecule has 0 aromatic heterocycles. The zero-order valence-corrected chi connectivity index (χ0v) is 14.9. The molecule has 0 spiro atoms. The number of amides is 1. The van der Waals surface area contributed by atoms with Gasteiger partial charge in [-0.1, -0.05) is 0 Å². The number of ether oxygens (including phenoxy) is 1. The van der Waals surface area contributed by atoms with E-state index in [4.69, 9.17) is 4.74 Å². The average Bonchev–Trinajstić information content (AvgIpc) is 2.53. The number of anilines is 1. The zero-order chi connectivity index (χ0) is 18.6. The van der Waals surface area contributed by atoms with Gasteiger partial charge in [-0.3, -0.25) is 9.52 Å². The van der Waals surface area contributed by atoms with Gasteiger partial charge in [0.25, 0.3) is 15.9 Å². The quantitative estimate of drug-likeness (QED) is 0.852. The van der Waals surface area contributed by atoms with Crippen molar-refractivity contribution >= 4 is 21.6 Å². The van der Waals surface area contributed by atoms with E-state index in [0.29, 0.717) is 17.0 Å². The molecule has 0 aliphatic carbocycles. The van der Waals surface area contributed by atoms with Crippen molar-refractivity contribution in [3.63, 3.8) is 0 Å². The third-order valence-electron chi connectivity index (χ3n) is 3.39. The fraction of sp³-hybridized carbons (Fsp3) is 0.235. The van der Waals surface area contributed by atoms with Gasteiger partial charge in [0.2, 0.25) is 0 Å². The minimum atomic E-state index is -3.83. The second-order valence-electron chi connectivity index (χ2n) is 5.62. The summed E-state index contributed by atoms with van der Waals surface area (Å²) in [6.07, 6.45) is 0. The van der Waals surface area contributed by atoms with Gasteiger partial charge in [0, 0.05) is 19.8 Å². The fourth-order valence-electron chi connectivity index (χ4n) is 2.02. The van der Waals surface area contributed by atoms with E-state index in [0.717, 1.165) is 12.1 Å². The Bertz CT molecular complexity index is 865. The standard InChI is InChI=1S/C17H19FN2O4S/c1-12-10-13(18)4-9-16(12)25(22,23)19-14-5-7-15(8-6-14)24-11-17(21)20(2)3/h4-10,19H,11H2,1-3H3. The topological polar surface area (TPSA) is 75.7 Å². The van der Waals surface area contributed by atoms with Crippen LogP contribution in [-0.4, -0.2) is 39.9 Å². The highest BCUT2D eigenvalue weighted by Crippen LogP contribution is 2.22. The summed E-state index contributed by atoms with van der Waals surface area (Å²) in [6.45, 7) is 1.42. The summed E-state index contributed by atoms with van der Waals surface area (Å²) < 4.78 is 45.7. The van der Waals surface area contributed by atoms with Crippen LogP contribution in [0.4, 0.5) is 10.1 Å². The summed E-state index contributed by atoms with van der Waals surface area (Å²) in [4.78, 5) is 12.9. The van der Waals surface area contributed by atoms with Crippen molar-refractivity contribution in [3.8, 4) is 5.75 Å². The molecule has 8 heteroatoms. The lowest BCUT2D eigenvalue weighted by Gasteiger charge is -2.13. The van der Waals surface area contributed by atoms with Crippen molar-refractivity contribution in [2.45, 2.75) is 11.8 Å². The highest BCUT2D eigenvalue weighted by Gasteiger charge is 2.17. The van der Waals surface area contributed by atoms with Crippen molar-refractivity contribution in [1.29, 1.82) is 0 Å². The molecular formula is C17H19FN2O4S. The van der Waals surface area contributed by atoms with Gasteiger partial charge in [-0.15, -0.1) is 0 Å². The molecule has 1 N–H and O–H groups in total. The minimum absolute atomic E-state index is 0.00538. The first-order chi connectivity index (χ1) is 11.7. The van der Waals surface area contributed by atoms with E-state index < -0.39 is 15.8 Å². The number of hydrogen-bond donors (Lipinski definition) is 1. The number of carbonyl (C=O) groups excluding carboxylic acids is 1. The average molecular weight is 366 g/mol. The Kier molecular flexibility index (Phi) is 5.63. The van der Waals surface area contributed by atoms with Crippen molar-refractivity contribution < 1.29 is 22.3 Å². The molecule has 0 unspecified atom stereocenters. The Morgan fingerprint density at radius 1 is 1.16 bits per heavy atom. The number of likely N-dealkylation sites (N-methyl/N-ethyl adjacent to an activating group) is 1. The predicted molar refractivity (Wildman–Crippen MR) is 92.6 cm³/mol. The van der Waals surface area contributed by atoms with Gasteiger partial charge in [0.05, 0.1) is 4.90 Å². The van der Waals surface area contributed by atoms with Crippen LogP contribution in [0.25, 0.3) is 0 Å². The molecule has 0 aliphatic heterocycles. The molecule has 0 atom stereocenters. The number of aryl methyl sites for hydroxylation is 1. The van der Waals surface area contributed by atoms with Gasteiger partial charge >= 0.3 is 0 Å². The van der Waals surface area contributed by atoms with E-state index in [1.165, 1.54) is 30.0 Å². The fourth-order valence-corrected chi connectivity index (χ4v) is 3.30. The molecule has 0 saturated carbocycles. The van der Waals surface area contributed by atoms with E-state index in [2.05, 4.69) is 4.72 Å². The van der Waals surface area contributed by atoms with Crippen LogP contribution >= 0.6 is 0 Å². The van der Waals surface area contributed by atoms with Gasteiger partial charge in [-0.05, 0) is 55.0 Å². The van der Waals surface area contributed by atoms with Crippen LogP contribution in [0, 0.1) is 12.7 Å². The lowest BCUT2D eigenvalue weighted by molar-refractivity contribution is -0.130. The van der Waals surface area contributed by atoms with Crippen LogP contribution < -0.4 is 9.46 Å². The molecule has 0 radical (unpaired) electrons. The second-order valence-corrected chi connectivity index (χ2v) is 7.27. The third-order valence-corrected chi connectivity index (χ3v) is 4.94. The molecule has 0 fully saturated rings. The first kappa shape index (κ1) is 18.7. The lowest BCUT2D eigenvalue weighted by Crippen LogP contribution is -2.27. The highest BCUT2D eigenvalue weighted by atomic mass is 32.2. The van der Waals surface area contributed by atoms with Crippen molar-refractivity contribution in [2.75, 3.05) is 25.4 Å². The minimum Gasteiger partial charge on any atom is -0.484 e. The van der Waals surface area contributed by atoms with E-state index in [9.17, 15) is 17.6 Å². The number of benzene rings is 2. The molecule has 0 aliphatic rings. The van der Waals surface area contributed by atoms with Crippen LogP contribution in [0.15, 0.2) is 47.4 Å². The van der Waals surface area contributed by atoms with E-state index in [1.807, 2.05) is 0 Å². The van der Waals surface area contributed by atoms with Crippen LogP contribution in [0.1, 0.15) is 5.56 Å². The third kappa shape index (κ3) is 4.93. The zero-order valence-electron chi connectivity index (χ0n) is 14.1. The van der Waals surface area contributed by atoms with Crippen LogP contribution in [0.5, 0.6) is 5.75 Å². The Balaban J connectivity index is 2.08. The molecule has 2 rings (SSSR count). The maximum Gasteiger partial charge on any atom is 0.262 e. The maximum atomic E-state index is 13.1. The molecule has 6 nitrogen and oxygen atoms in total. The number of nitrogens with one attached hydrogen (secondary N) is 1. The van der Waals surface area contributed by atoms with E-state index in [1.54, 1.807) is 26.2 Å². The summed E-state index contributed by atoms with van der Waals surface area (Å²) in [6, 6.07) is 9.62. The molecular weight excluding hydrogens is 347 g/mol. The van der Waals surface area contributed by atoms with E-state index in [-0.39, 0.29) is 17.4 Å². The molecule has 0 bridgehead atoms. The van der Waals surface area contributed by atoms with Crippen molar-refractivity contribution in [3.05, 3.63) is 53.8 Å². The van der Waals surface area contributed by atoms with Gasteiger partial charge in [0.15, 0.2) is 6.61 Å². The molecule has 2 aromatic carbocycles. The monoisotopic (exact) mass is 366 g/mol. The van der Waals surface area contributed by atoms with E-state index >= 15 is 0 Å². The SMILES string of the molecule is Cc1cc(F)ccc1S(=O)(=O)Nc1ccc(OCC(=O)N(C)C)cc1. The Morgan fingerprint density at radius 2 is 1.80 bits per heavy atom. The van der Waals surface area contributed by atoms with Crippen LogP contribution in [0.3, 0.4) is 0 Å². The largest absolute Gasteiger partial charge is 0.484 e. The molecule has 25 heavy (non-hydrogen) atoms. The first-order valence-corrected chi connectivity index (χ1v) is 8.89. The lowest BCUT2D eigenvalue weighted by atomic mass is 10.2. The number of halogens is 1. The smallest absolute Gasteiger partial charge is 0.262 e. The normalized spacial score (nSPS) is 11.0. The highest BCUT2D eigenvalue weighted by molar-refractivity contribution is 7.92. The summed E-state index contributed by atoms with van der Waals surface area (Å²) in [5.74, 6) is -0.238. The van der Waals surface area contributed by atoms with Gasteiger partial charge < -0.3 is 9.64 Å². The van der Waals surface area contributed by atoms with Crippen LogP contribution in [0.2, 0.25) is 0 Å². The maximum absolute atomic E-state index is 13.1. The van der Waals surface area contributed by atoms with Gasteiger partial charge in [-0.2, -0.15) is 0 Å². The van der Waals surface area contributed by atoms with Crippen LogP contribution in [-0.2, 0) is 14.8 Å². The molecule has 1 amide bonds. The van der Waals surface area contributed by atoms with Gasteiger partial charge in [-0.25, -0.2) is 12.8 Å². The number of sulfonamides is 1. The number of carbonyl (C=O) groups is 1. The van der Waals surface area contributed by atoms with Crippen molar-refractivity contribution in [1.82, 2.24) is 4.90 Å². The Hall–Kier alpha value is -2.61. The van der Waals surface area contributed by atoms with Crippen molar-refractivity contribution in [2.24, 2.45) is 0 Å². The molecule has 0 saturated heterocycles. The Labute approximate surface area is 146 Å². The summed E-state index contributed by atoms with van der Waals surface area (Å²) in [5, 5.41) is 0. The molecule has 134 valence electrons. The number of nitrogens with zero attached hydrogens (tertiary/aromatic N) is 1. The second kappa shape index (κ2) is 7.52. The number of rotatable bonds is 6. The summed E-state index contributed by atoms with van der Waals surface area (Å²) in [7, 11) is -0.577. The summed E-state index contributed by atoms with van der Waals surface area (Å²) >= 11 is 0. The summed E-state index contributed by atoms with van der Waals surface area (Å²) in [5.41, 5.74) is 0.643. The number of hydrogen-bond acceptors (Lipinski definition) is 4.